The second-order valence-corrected chi connectivity index (χ2v) is 7.18. The number of methoxy groups -OCH3 is 1. The molecule has 1 atom stereocenters. The fourth-order valence-electron chi connectivity index (χ4n) is 2.49. The van der Waals surface area contributed by atoms with Crippen LogP contribution in [0.4, 0.5) is 8.78 Å². The number of ether oxygens (including phenoxy) is 1. The van der Waals surface area contributed by atoms with Gasteiger partial charge in [0.15, 0.2) is 17.4 Å². The Labute approximate surface area is 137 Å². The van der Waals surface area contributed by atoms with Gasteiger partial charge in [0.2, 0.25) is 10.0 Å². The molecule has 1 amide bonds. The van der Waals surface area contributed by atoms with E-state index in [0.717, 1.165) is 11.4 Å². The van der Waals surface area contributed by atoms with Gasteiger partial charge in [-0.3, -0.25) is 10.0 Å². The van der Waals surface area contributed by atoms with E-state index in [2.05, 4.69) is 4.74 Å². The van der Waals surface area contributed by atoms with Crippen LogP contribution in [0.2, 0.25) is 0 Å². The summed E-state index contributed by atoms with van der Waals surface area (Å²) in [5.41, 5.74) is 1.41. The van der Waals surface area contributed by atoms with Gasteiger partial charge in [-0.05, 0) is 19.2 Å². The number of hydroxylamine groups is 1. The van der Waals surface area contributed by atoms with Gasteiger partial charge in [0, 0.05) is 19.6 Å². The lowest BCUT2D eigenvalue weighted by Crippen LogP contribution is -2.59. The predicted molar refractivity (Wildman–Crippen MR) is 78.0 cm³/mol. The maximum Gasteiger partial charge on any atom is 0.263 e. The number of halogens is 2. The summed E-state index contributed by atoms with van der Waals surface area (Å²) >= 11 is 0. The molecule has 2 N–H and O–H groups in total. The molecule has 11 heteroatoms. The van der Waals surface area contributed by atoms with E-state index in [0.29, 0.717) is 18.7 Å². The molecule has 1 unspecified atom stereocenters. The van der Waals surface area contributed by atoms with Crippen LogP contribution in [0, 0.1) is 11.6 Å². The van der Waals surface area contributed by atoms with Gasteiger partial charge in [-0.1, -0.05) is 0 Å². The average molecular weight is 365 g/mol. The van der Waals surface area contributed by atoms with Crippen LogP contribution in [0.25, 0.3) is 0 Å². The standard InChI is InChI=1S/C13H17F2N3O5S/c1-17-3-4-18(11(7-17)13(19)16-20)24(21,22)8-5-9(14)12(23-2)10(15)6-8/h5-6,11,20H,3-4,7H2,1-2H3,(H,16,19). The van der Waals surface area contributed by atoms with Crippen molar-refractivity contribution in [3.63, 3.8) is 0 Å². The molecule has 1 aromatic carbocycles. The summed E-state index contributed by atoms with van der Waals surface area (Å²) in [6.45, 7) is 0.258. The first-order chi connectivity index (χ1) is 11.2. The topological polar surface area (TPSA) is 99.2 Å². The Hall–Kier alpha value is -1.82. The van der Waals surface area contributed by atoms with E-state index in [1.54, 1.807) is 11.9 Å². The minimum atomic E-state index is -4.36. The Morgan fingerprint density at radius 2 is 1.92 bits per heavy atom. The zero-order valence-electron chi connectivity index (χ0n) is 13.0. The average Bonchev–Trinajstić information content (AvgIpc) is 2.53. The monoisotopic (exact) mass is 365 g/mol. The number of nitrogens with zero attached hydrogens (tertiary/aromatic N) is 2. The Kier molecular flexibility index (Phi) is 5.38. The molecule has 0 bridgehead atoms. The number of benzene rings is 1. The van der Waals surface area contributed by atoms with E-state index >= 15 is 0 Å². The molecule has 0 aliphatic carbocycles. The molecular formula is C13H17F2N3O5S. The third-order valence-electron chi connectivity index (χ3n) is 3.73. The minimum absolute atomic E-state index is 0.0206. The van der Waals surface area contributed by atoms with Crippen LogP contribution in [0.3, 0.4) is 0 Å². The molecule has 1 heterocycles. The van der Waals surface area contributed by atoms with Gasteiger partial charge in [-0.15, -0.1) is 0 Å². The zero-order valence-corrected chi connectivity index (χ0v) is 13.8. The van der Waals surface area contributed by atoms with Crippen molar-refractivity contribution in [1.82, 2.24) is 14.7 Å². The summed E-state index contributed by atoms with van der Waals surface area (Å²) in [6, 6.07) is 0.0272. The quantitative estimate of drug-likeness (QED) is 0.566. The van der Waals surface area contributed by atoms with E-state index in [1.807, 2.05) is 0 Å². The van der Waals surface area contributed by atoms with Gasteiger partial charge in [-0.2, -0.15) is 4.31 Å². The first-order valence-corrected chi connectivity index (χ1v) is 8.33. The molecule has 1 aliphatic rings. The third kappa shape index (κ3) is 3.34. The van der Waals surface area contributed by atoms with Crippen LogP contribution in [-0.2, 0) is 14.8 Å². The van der Waals surface area contributed by atoms with Gasteiger partial charge in [-0.25, -0.2) is 22.7 Å². The number of hydrogen-bond donors (Lipinski definition) is 2. The molecule has 0 radical (unpaired) electrons. The van der Waals surface area contributed by atoms with Gasteiger partial charge in [0.25, 0.3) is 5.91 Å². The Morgan fingerprint density at radius 1 is 1.33 bits per heavy atom. The number of piperazine rings is 1. The number of likely N-dealkylation sites (N-methyl/N-ethyl adjacent to an activating group) is 1. The number of carbonyl (C=O) groups is 1. The molecule has 0 spiro atoms. The van der Waals surface area contributed by atoms with Crippen molar-refractivity contribution in [3.05, 3.63) is 23.8 Å². The number of amides is 1. The molecule has 1 saturated heterocycles. The van der Waals surface area contributed by atoms with Crippen LogP contribution in [0.15, 0.2) is 17.0 Å². The summed E-state index contributed by atoms with van der Waals surface area (Å²) in [5, 5.41) is 8.81. The van der Waals surface area contributed by atoms with Crippen LogP contribution in [0.1, 0.15) is 0 Å². The molecule has 24 heavy (non-hydrogen) atoms. The lowest BCUT2D eigenvalue weighted by atomic mass is 10.2. The number of sulfonamides is 1. The van der Waals surface area contributed by atoms with Crippen LogP contribution in [0.5, 0.6) is 5.75 Å². The van der Waals surface area contributed by atoms with E-state index < -0.39 is 44.3 Å². The van der Waals surface area contributed by atoms with Crippen molar-refractivity contribution in [3.8, 4) is 5.75 Å². The van der Waals surface area contributed by atoms with Crippen molar-refractivity contribution in [2.24, 2.45) is 0 Å². The number of carbonyl (C=O) groups excluding carboxylic acids is 1. The normalized spacial score (nSPS) is 20.0. The number of hydrogen-bond acceptors (Lipinski definition) is 6. The molecule has 0 saturated carbocycles. The second-order valence-electron chi connectivity index (χ2n) is 5.29. The summed E-state index contributed by atoms with van der Waals surface area (Å²) in [4.78, 5) is 12.8. The van der Waals surface area contributed by atoms with E-state index in [4.69, 9.17) is 5.21 Å². The highest BCUT2D eigenvalue weighted by Crippen LogP contribution is 2.28. The van der Waals surface area contributed by atoms with E-state index in [1.165, 1.54) is 5.48 Å². The third-order valence-corrected chi connectivity index (χ3v) is 5.62. The van der Waals surface area contributed by atoms with E-state index in [9.17, 15) is 22.0 Å². The Bertz CT molecular complexity index is 720. The lowest BCUT2D eigenvalue weighted by molar-refractivity contribution is -0.134. The molecule has 2 rings (SSSR count). The van der Waals surface area contributed by atoms with Gasteiger partial charge in [0.05, 0.1) is 12.0 Å². The summed E-state index contributed by atoms with van der Waals surface area (Å²) in [5.74, 6) is -3.97. The van der Waals surface area contributed by atoms with Crippen molar-refractivity contribution in [1.29, 1.82) is 0 Å². The highest BCUT2D eigenvalue weighted by molar-refractivity contribution is 7.89. The highest BCUT2D eigenvalue weighted by atomic mass is 32.2. The van der Waals surface area contributed by atoms with Gasteiger partial charge >= 0.3 is 0 Å². The van der Waals surface area contributed by atoms with Gasteiger partial charge in [0.1, 0.15) is 6.04 Å². The molecule has 8 nitrogen and oxygen atoms in total. The first-order valence-electron chi connectivity index (χ1n) is 6.89. The summed E-state index contributed by atoms with van der Waals surface area (Å²) < 4.78 is 58.4. The smallest absolute Gasteiger partial charge is 0.263 e. The zero-order chi connectivity index (χ0) is 18.1. The SMILES string of the molecule is COc1c(F)cc(S(=O)(=O)N2CCN(C)CC2C(=O)NO)cc1F. The molecule has 134 valence electrons. The molecule has 1 aromatic rings. The van der Waals surface area contributed by atoms with Crippen LogP contribution in [-0.4, -0.2) is 68.6 Å². The lowest BCUT2D eigenvalue weighted by Gasteiger charge is -2.37. The fourth-order valence-corrected chi connectivity index (χ4v) is 4.09. The summed E-state index contributed by atoms with van der Waals surface area (Å²) in [7, 11) is -1.63. The van der Waals surface area contributed by atoms with E-state index in [-0.39, 0.29) is 13.1 Å². The summed E-state index contributed by atoms with van der Waals surface area (Å²) in [6.07, 6.45) is 0. The molecular weight excluding hydrogens is 348 g/mol. The fraction of sp³-hybridized carbons (Fsp3) is 0.462. The van der Waals surface area contributed by atoms with Crippen molar-refractivity contribution in [2.45, 2.75) is 10.9 Å². The second kappa shape index (κ2) is 6.97. The Morgan fingerprint density at radius 3 is 2.42 bits per heavy atom. The van der Waals surface area contributed by atoms with Crippen LogP contribution < -0.4 is 10.2 Å². The maximum atomic E-state index is 13.8. The maximum absolute atomic E-state index is 13.8. The number of nitrogens with one attached hydrogen (secondary N) is 1. The first kappa shape index (κ1) is 18.5. The van der Waals surface area contributed by atoms with Gasteiger partial charge < -0.3 is 9.64 Å². The van der Waals surface area contributed by atoms with Crippen LogP contribution >= 0.6 is 0 Å². The van der Waals surface area contributed by atoms with Crippen molar-refractivity contribution < 1.29 is 31.9 Å². The molecule has 1 fully saturated rings. The Balaban J connectivity index is 2.46. The molecule has 1 aliphatic heterocycles. The molecule has 0 aromatic heterocycles. The van der Waals surface area contributed by atoms with Crippen molar-refractivity contribution >= 4 is 15.9 Å². The highest BCUT2D eigenvalue weighted by Gasteiger charge is 2.39. The number of rotatable bonds is 4. The largest absolute Gasteiger partial charge is 0.491 e. The predicted octanol–water partition coefficient (Wildman–Crippen LogP) is -0.216. The van der Waals surface area contributed by atoms with Crippen molar-refractivity contribution in [2.75, 3.05) is 33.8 Å². The minimum Gasteiger partial charge on any atom is -0.491 e.